The number of guanidine groups is 2. The minimum Gasteiger partial charge on any atom is -0.370 e. The molecule has 17 heteroatoms. The van der Waals surface area contributed by atoms with Gasteiger partial charge in [-0.3, -0.25) is 34.0 Å². The van der Waals surface area contributed by atoms with Crippen LogP contribution >= 0.6 is 0 Å². The number of aromatic nitrogens is 1. The first-order valence-corrected chi connectivity index (χ1v) is 17.8. The lowest BCUT2D eigenvalue weighted by Crippen LogP contribution is -2.58. The average Bonchev–Trinajstić information content (AvgIpc) is 3.85. The number of primary amides is 1. The number of hydrogen-bond donors (Lipinski definition) is 10. The highest BCUT2D eigenvalue weighted by molar-refractivity contribution is 6.00. The van der Waals surface area contributed by atoms with Crippen molar-refractivity contribution in [2.24, 2.45) is 38.7 Å². The van der Waals surface area contributed by atoms with Crippen LogP contribution < -0.4 is 49.9 Å². The monoisotopic (exact) mass is 753 g/mol. The van der Waals surface area contributed by atoms with Gasteiger partial charge in [0.05, 0.1) is 5.92 Å². The molecule has 1 aliphatic carbocycles. The summed E-state index contributed by atoms with van der Waals surface area (Å²) in [7, 11) is 0. The van der Waals surface area contributed by atoms with Crippen molar-refractivity contribution in [2.45, 2.75) is 62.7 Å². The summed E-state index contributed by atoms with van der Waals surface area (Å²) in [5, 5.41) is 11.9. The summed E-state index contributed by atoms with van der Waals surface area (Å²) < 4.78 is 0. The third kappa shape index (κ3) is 13.3. The average molecular weight is 754 g/mol. The lowest BCUT2D eigenvalue weighted by Gasteiger charge is -2.26. The second-order valence-corrected chi connectivity index (χ2v) is 12.9. The molecule has 17 nitrogen and oxygen atoms in total. The molecule has 1 aromatic heterocycles. The van der Waals surface area contributed by atoms with Crippen molar-refractivity contribution in [1.82, 2.24) is 26.3 Å². The predicted molar refractivity (Wildman–Crippen MR) is 209 cm³/mol. The Hall–Kier alpha value is -6.13. The quantitative estimate of drug-likeness (QED) is 0.0358. The first kappa shape index (κ1) is 41.6. The minimum atomic E-state index is -1.20. The van der Waals surface area contributed by atoms with Crippen molar-refractivity contribution in [3.63, 3.8) is 0 Å². The molecule has 291 valence electrons. The molecule has 4 rings (SSSR count). The Kier molecular flexibility index (Phi) is 15.8. The number of fused-ring (bicyclic) bond motifs is 1. The fourth-order valence-corrected chi connectivity index (χ4v) is 5.93. The Labute approximate surface area is 320 Å². The minimum absolute atomic E-state index is 0.0607. The van der Waals surface area contributed by atoms with Crippen LogP contribution in [0.15, 0.2) is 70.8 Å². The van der Waals surface area contributed by atoms with Crippen LogP contribution in [0.2, 0.25) is 0 Å². The smallest absolute Gasteiger partial charge is 0.243 e. The molecule has 0 bridgehead atoms. The van der Waals surface area contributed by atoms with Gasteiger partial charge in [-0.2, -0.15) is 0 Å². The topological polar surface area (TPSA) is 304 Å². The number of nitrogens with two attached hydrogens (primary N) is 5. The Bertz CT molecular complexity index is 1810. The van der Waals surface area contributed by atoms with Gasteiger partial charge in [0, 0.05) is 43.0 Å². The number of aromatic amines is 1. The van der Waals surface area contributed by atoms with E-state index in [4.69, 9.17) is 28.7 Å². The molecule has 1 heterocycles. The maximum Gasteiger partial charge on any atom is 0.243 e. The first-order valence-electron chi connectivity index (χ1n) is 17.8. The van der Waals surface area contributed by atoms with Crippen LogP contribution in [0.1, 0.15) is 36.8 Å². The summed E-state index contributed by atoms with van der Waals surface area (Å²) in [5.41, 5.74) is 30.0. The number of benzene rings is 2. The van der Waals surface area contributed by atoms with Crippen LogP contribution in [-0.4, -0.2) is 83.7 Å². The molecule has 3 aromatic rings. The Morgan fingerprint density at radius 3 is 1.71 bits per heavy atom. The van der Waals surface area contributed by atoms with E-state index < -0.39 is 53.7 Å². The zero-order chi connectivity index (χ0) is 39.7. The largest absolute Gasteiger partial charge is 0.370 e. The number of carbonyl (C=O) groups excluding carboxylic acids is 5. The van der Waals surface area contributed by atoms with Gasteiger partial charge in [-0.05, 0) is 68.6 Å². The van der Waals surface area contributed by atoms with Gasteiger partial charge in [-0.25, -0.2) is 0 Å². The van der Waals surface area contributed by atoms with Gasteiger partial charge in [-0.1, -0.05) is 48.5 Å². The van der Waals surface area contributed by atoms with Gasteiger partial charge in [0.25, 0.3) is 0 Å². The molecule has 5 amide bonds. The molecule has 0 aliphatic heterocycles. The standard InChI is InChI=1S/C38H49N12O5/c39-32(51)30(20-23-10-2-1-3-11-23)49-35(54)29(17-9-19-45-38(42)43)47-34(53)28(16-8-18-44-37(40)41)48-36(55)31(50-33(52)24-12-4-5-13-24)21-25-22-46-27-15-7-6-14-26(25)27/h1-7,10-15,22,28-31,46H,8-9,16-21H2,(H2,39,51)(H,47,53)(H,48,55)(H,49,54)(H,50,52)(H4,40,41,44)(H4,42,43,45)/t28-,29-,30-,31-/m0/s1. The molecule has 55 heavy (non-hydrogen) atoms. The SMILES string of the molecule is NC(=O)[C@H](Cc1ccccc1)NC(=O)[C@H](CCCN=C(N)N)NC(=O)[C@H](CCCN=C(N)N)NC(=O)[C@H](Cc1c[nH]c2ccccc12)NC(=O)[C]1[CH][CH][CH][CH]1. The van der Waals surface area contributed by atoms with E-state index in [0.29, 0.717) is 5.92 Å². The summed E-state index contributed by atoms with van der Waals surface area (Å²) in [6.45, 7) is 0.305. The number of nitrogens with one attached hydrogen (secondary N) is 5. The lowest BCUT2D eigenvalue weighted by molar-refractivity contribution is -0.134. The van der Waals surface area contributed by atoms with Crippen molar-refractivity contribution in [3.8, 4) is 0 Å². The van der Waals surface area contributed by atoms with E-state index in [1.165, 1.54) is 0 Å². The normalized spacial score (nSPS) is 14.8. The molecular weight excluding hydrogens is 704 g/mol. The van der Waals surface area contributed by atoms with E-state index in [1.807, 2.05) is 30.3 Å². The number of rotatable bonds is 21. The number of aliphatic imine (C=N–C) groups is 2. The van der Waals surface area contributed by atoms with Crippen molar-refractivity contribution in [1.29, 1.82) is 0 Å². The summed E-state index contributed by atoms with van der Waals surface area (Å²) in [6.07, 6.45) is 9.31. The van der Waals surface area contributed by atoms with E-state index >= 15 is 0 Å². The second-order valence-electron chi connectivity index (χ2n) is 12.9. The lowest BCUT2D eigenvalue weighted by atomic mass is 10.0. The van der Waals surface area contributed by atoms with E-state index in [-0.39, 0.29) is 63.5 Å². The predicted octanol–water partition coefficient (Wildman–Crippen LogP) is -1.11. The molecule has 1 saturated carbocycles. The third-order valence-electron chi connectivity index (χ3n) is 8.74. The Balaban J connectivity index is 1.57. The second kappa shape index (κ2) is 20.9. The first-order chi connectivity index (χ1) is 26.4. The van der Waals surface area contributed by atoms with E-state index in [9.17, 15) is 24.0 Å². The van der Waals surface area contributed by atoms with Crippen LogP contribution in [0.3, 0.4) is 0 Å². The van der Waals surface area contributed by atoms with Crippen LogP contribution in [0, 0.1) is 31.6 Å². The maximum atomic E-state index is 14.1. The van der Waals surface area contributed by atoms with Gasteiger partial charge in [0.15, 0.2) is 11.9 Å². The van der Waals surface area contributed by atoms with Crippen LogP contribution in [0.25, 0.3) is 10.9 Å². The van der Waals surface area contributed by atoms with Crippen molar-refractivity contribution in [3.05, 3.63) is 104 Å². The molecule has 0 saturated heterocycles. The molecule has 15 N–H and O–H groups in total. The summed E-state index contributed by atoms with van der Waals surface area (Å²) in [5.74, 6) is -3.19. The summed E-state index contributed by atoms with van der Waals surface area (Å²) in [4.78, 5) is 78.6. The van der Waals surface area contributed by atoms with Gasteiger partial charge >= 0.3 is 0 Å². The van der Waals surface area contributed by atoms with Gasteiger partial charge in [0.2, 0.25) is 29.5 Å². The summed E-state index contributed by atoms with van der Waals surface area (Å²) in [6, 6.07) is 11.9. The molecular formula is C38H49N12O5. The van der Waals surface area contributed by atoms with Crippen molar-refractivity contribution >= 4 is 52.4 Å². The number of H-pyrrole nitrogens is 1. The molecule has 2 aromatic carbocycles. The molecule has 1 aliphatic rings. The van der Waals surface area contributed by atoms with Crippen LogP contribution in [0.4, 0.5) is 0 Å². The Morgan fingerprint density at radius 1 is 0.618 bits per heavy atom. The molecule has 0 spiro atoms. The fourth-order valence-electron chi connectivity index (χ4n) is 5.93. The molecule has 1 fully saturated rings. The summed E-state index contributed by atoms with van der Waals surface area (Å²) >= 11 is 0. The molecule has 0 unspecified atom stereocenters. The van der Waals surface area contributed by atoms with Gasteiger partial charge in [-0.15, -0.1) is 0 Å². The zero-order valence-corrected chi connectivity index (χ0v) is 30.4. The zero-order valence-electron chi connectivity index (χ0n) is 30.4. The highest BCUT2D eigenvalue weighted by atomic mass is 16.2. The van der Waals surface area contributed by atoms with Crippen LogP contribution in [-0.2, 0) is 36.8 Å². The third-order valence-corrected chi connectivity index (χ3v) is 8.74. The maximum absolute atomic E-state index is 14.1. The van der Waals surface area contributed by atoms with Crippen molar-refractivity contribution < 1.29 is 24.0 Å². The molecule has 5 radical (unpaired) electrons. The number of carbonyl (C=O) groups is 5. The van der Waals surface area contributed by atoms with Crippen molar-refractivity contribution in [2.75, 3.05) is 13.1 Å². The van der Waals surface area contributed by atoms with Crippen LogP contribution in [0.5, 0.6) is 0 Å². The van der Waals surface area contributed by atoms with E-state index in [2.05, 4.69) is 36.2 Å². The van der Waals surface area contributed by atoms with Gasteiger partial charge < -0.3 is 54.9 Å². The van der Waals surface area contributed by atoms with E-state index in [0.717, 1.165) is 22.0 Å². The highest BCUT2D eigenvalue weighted by Crippen LogP contribution is 2.24. The number of hydrogen-bond acceptors (Lipinski definition) is 7. The number of amides is 5. The van der Waals surface area contributed by atoms with E-state index in [1.54, 1.807) is 56.1 Å². The number of para-hydroxylation sites is 1. The number of nitrogens with zero attached hydrogens (tertiary/aromatic N) is 2. The Morgan fingerprint density at radius 2 is 1.15 bits per heavy atom. The van der Waals surface area contributed by atoms with Gasteiger partial charge in [0.1, 0.15) is 24.2 Å². The fraction of sp³-hybridized carbons (Fsp3) is 0.316. The molecule has 4 atom stereocenters. The highest BCUT2D eigenvalue weighted by Gasteiger charge is 2.33.